The SMILES string of the molecule is CO[C@@H]1CCN(Cc2csc(C)n2)[C@@H]2CN(Cc3cccnc3)C[C@@H]21. The third-order valence-corrected chi connectivity index (χ3v) is 6.34. The van der Waals surface area contributed by atoms with Gasteiger partial charge in [0.1, 0.15) is 0 Å². The van der Waals surface area contributed by atoms with Gasteiger partial charge in [0.2, 0.25) is 0 Å². The van der Waals surface area contributed by atoms with Gasteiger partial charge in [-0.15, -0.1) is 11.3 Å². The van der Waals surface area contributed by atoms with Crippen LogP contribution in [0.3, 0.4) is 0 Å². The summed E-state index contributed by atoms with van der Waals surface area (Å²) in [6.07, 6.45) is 5.30. The number of pyridine rings is 1. The topological polar surface area (TPSA) is 41.5 Å². The number of methoxy groups -OCH3 is 1. The zero-order valence-corrected chi connectivity index (χ0v) is 15.8. The second-order valence-corrected chi connectivity index (χ2v) is 8.24. The van der Waals surface area contributed by atoms with Crippen LogP contribution in [0.5, 0.6) is 0 Å². The van der Waals surface area contributed by atoms with Gasteiger partial charge in [0, 0.05) is 69.6 Å². The summed E-state index contributed by atoms with van der Waals surface area (Å²) in [5, 5.41) is 3.36. The van der Waals surface area contributed by atoms with E-state index in [0.29, 0.717) is 18.1 Å². The number of hydrogen-bond acceptors (Lipinski definition) is 6. The van der Waals surface area contributed by atoms with E-state index in [-0.39, 0.29) is 0 Å². The molecule has 0 radical (unpaired) electrons. The molecule has 0 aromatic carbocycles. The molecule has 0 bridgehead atoms. The first-order valence-corrected chi connectivity index (χ1v) is 9.90. The second kappa shape index (κ2) is 7.50. The number of hydrogen-bond donors (Lipinski definition) is 0. The van der Waals surface area contributed by atoms with E-state index in [0.717, 1.165) is 44.2 Å². The van der Waals surface area contributed by atoms with Gasteiger partial charge >= 0.3 is 0 Å². The Bertz CT molecular complexity index is 692. The van der Waals surface area contributed by atoms with Crippen LogP contribution >= 0.6 is 11.3 Å². The summed E-state index contributed by atoms with van der Waals surface area (Å²) in [6, 6.07) is 4.74. The molecule has 0 amide bonds. The van der Waals surface area contributed by atoms with Crippen molar-refractivity contribution in [3.05, 3.63) is 46.2 Å². The highest BCUT2D eigenvalue weighted by Crippen LogP contribution is 2.34. The number of aromatic nitrogens is 2. The molecule has 134 valence electrons. The first-order valence-electron chi connectivity index (χ1n) is 9.02. The second-order valence-electron chi connectivity index (χ2n) is 7.18. The summed E-state index contributed by atoms with van der Waals surface area (Å²) in [6.45, 7) is 7.31. The van der Waals surface area contributed by atoms with Crippen LogP contribution in [0, 0.1) is 12.8 Å². The first-order chi connectivity index (χ1) is 12.2. The predicted octanol–water partition coefficient (Wildman–Crippen LogP) is 2.57. The Morgan fingerprint density at radius 3 is 2.96 bits per heavy atom. The molecule has 2 aromatic heterocycles. The summed E-state index contributed by atoms with van der Waals surface area (Å²) in [5.74, 6) is 0.579. The number of fused-ring (bicyclic) bond motifs is 1. The summed E-state index contributed by atoms with van der Waals surface area (Å²) in [5.41, 5.74) is 2.50. The molecule has 0 unspecified atom stereocenters. The number of rotatable bonds is 5. The molecule has 0 N–H and O–H groups in total. The molecule has 3 atom stereocenters. The lowest BCUT2D eigenvalue weighted by atomic mass is 9.89. The Kier molecular flexibility index (Phi) is 5.12. The lowest BCUT2D eigenvalue weighted by Gasteiger charge is -2.40. The minimum absolute atomic E-state index is 0.373. The van der Waals surface area contributed by atoms with Crippen LogP contribution in [-0.2, 0) is 17.8 Å². The van der Waals surface area contributed by atoms with Crippen LogP contribution < -0.4 is 0 Å². The van der Waals surface area contributed by atoms with Crippen molar-refractivity contribution in [2.24, 2.45) is 5.92 Å². The van der Waals surface area contributed by atoms with E-state index in [1.165, 1.54) is 11.3 Å². The normalized spacial score (nSPS) is 27.5. The Morgan fingerprint density at radius 1 is 1.32 bits per heavy atom. The molecule has 0 spiro atoms. The van der Waals surface area contributed by atoms with Crippen LogP contribution in [0.1, 0.15) is 22.7 Å². The molecule has 4 rings (SSSR count). The van der Waals surface area contributed by atoms with Crippen LogP contribution in [-0.4, -0.2) is 58.7 Å². The fourth-order valence-electron chi connectivity index (χ4n) is 4.38. The third-order valence-electron chi connectivity index (χ3n) is 5.52. The fourth-order valence-corrected chi connectivity index (χ4v) is 4.98. The van der Waals surface area contributed by atoms with Crippen molar-refractivity contribution < 1.29 is 4.74 Å². The van der Waals surface area contributed by atoms with Crippen molar-refractivity contribution >= 4 is 11.3 Å². The van der Waals surface area contributed by atoms with Crippen LogP contribution in [0.4, 0.5) is 0 Å². The zero-order valence-electron chi connectivity index (χ0n) is 15.0. The van der Waals surface area contributed by atoms with Crippen LogP contribution in [0.25, 0.3) is 0 Å². The van der Waals surface area contributed by atoms with E-state index in [4.69, 9.17) is 4.74 Å². The molecular formula is C19H26N4OS. The highest BCUT2D eigenvalue weighted by molar-refractivity contribution is 7.09. The number of thiazole rings is 1. The maximum atomic E-state index is 5.83. The lowest BCUT2D eigenvalue weighted by Crippen LogP contribution is -2.50. The van der Waals surface area contributed by atoms with Crippen molar-refractivity contribution in [1.29, 1.82) is 0 Å². The fraction of sp³-hybridized carbons (Fsp3) is 0.579. The molecule has 0 saturated carbocycles. The Balaban J connectivity index is 1.47. The average Bonchev–Trinajstić information content (AvgIpc) is 3.22. The van der Waals surface area contributed by atoms with Gasteiger partial charge in [-0.2, -0.15) is 0 Å². The van der Waals surface area contributed by atoms with Crippen molar-refractivity contribution in [3.63, 3.8) is 0 Å². The van der Waals surface area contributed by atoms with Gasteiger partial charge in [0.15, 0.2) is 0 Å². The van der Waals surface area contributed by atoms with Crippen molar-refractivity contribution in [2.45, 2.75) is 38.6 Å². The average molecular weight is 359 g/mol. The lowest BCUT2D eigenvalue weighted by molar-refractivity contribution is -0.0248. The quantitative estimate of drug-likeness (QED) is 0.822. The van der Waals surface area contributed by atoms with E-state index in [1.807, 2.05) is 25.6 Å². The highest BCUT2D eigenvalue weighted by Gasteiger charge is 2.44. The number of piperidine rings is 1. The molecule has 2 saturated heterocycles. The summed E-state index contributed by atoms with van der Waals surface area (Å²) in [4.78, 5) is 14.1. The monoisotopic (exact) mass is 358 g/mol. The molecule has 2 fully saturated rings. The van der Waals surface area contributed by atoms with E-state index in [2.05, 4.69) is 38.1 Å². The number of nitrogens with zero attached hydrogens (tertiary/aromatic N) is 4. The van der Waals surface area contributed by atoms with Gasteiger partial charge in [-0.05, 0) is 25.0 Å². The Labute approximate surface area is 153 Å². The predicted molar refractivity (Wildman–Crippen MR) is 99.5 cm³/mol. The Hall–Kier alpha value is -1.34. The van der Waals surface area contributed by atoms with Crippen LogP contribution in [0.15, 0.2) is 29.9 Å². The molecular weight excluding hydrogens is 332 g/mol. The van der Waals surface area contributed by atoms with E-state index < -0.39 is 0 Å². The maximum absolute atomic E-state index is 5.83. The standard InChI is InChI=1S/C19H26N4OS/c1-14-21-16(13-25-14)10-23-7-5-19(24-2)17-11-22(12-18(17)23)9-15-4-3-6-20-8-15/h3-4,6,8,13,17-19H,5,7,9-12H2,1-2H3/t17-,18+,19+/m0/s1. The van der Waals surface area contributed by atoms with E-state index >= 15 is 0 Å². The minimum Gasteiger partial charge on any atom is -0.381 e. The zero-order chi connectivity index (χ0) is 17.2. The molecule has 2 aliphatic heterocycles. The van der Waals surface area contributed by atoms with Crippen molar-refractivity contribution in [3.8, 4) is 0 Å². The molecule has 2 aliphatic rings. The smallest absolute Gasteiger partial charge is 0.0897 e. The van der Waals surface area contributed by atoms with E-state index in [9.17, 15) is 0 Å². The first kappa shape index (κ1) is 17.1. The summed E-state index contributed by atoms with van der Waals surface area (Å²) in [7, 11) is 1.87. The molecule has 0 aliphatic carbocycles. The third kappa shape index (κ3) is 3.77. The van der Waals surface area contributed by atoms with Gasteiger partial charge in [-0.1, -0.05) is 6.07 Å². The van der Waals surface area contributed by atoms with Gasteiger partial charge < -0.3 is 4.74 Å². The molecule has 5 nitrogen and oxygen atoms in total. The van der Waals surface area contributed by atoms with Crippen molar-refractivity contribution in [1.82, 2.24) is 19.8 Å². The number of likely N-dealkylation sites (tertiary alicyclic amines) is 2. The van der Waals surface area contributed by atoms with E-state index in [1.54, 1.807) is 11.3 Å². The van der Waals surface area contributed by atoms with Gasteiger partial charge in [0.05, 0.1) is 16.8 Å². The molecule has 2 aromatic rings. The molecule has 6 heteroatoms. The summed E-state index contributed by atoms with van der Waals surface area (Å²) >= 11 is 1.75. The Morgan fingerprint density at radius 2 is 2.24 bits per heavy atom. The molecule has 25 heavy (non-hydrogen) atoms. The number of aryl methyl sites for hydroxylation is 1. The van der Waals surface area contributed by atoms with Crippen molar-refractivity contribution in [2.75, 3.05) is 26.7 Å². The van der Waals surface area contributed by atoms with Crippen LogP contribution in [0.2, 0.25) is 0 Å². The van der Waals surface area contributed by atoms with Gasteiger partial charge in [0.25, 0.3) is 0 Å². The largest absolute Gasteiger partial charge is 0.381 e. The number of ether oxygens (including phenoxy) is 1. The highest BCUT2D eigenvalue weighted by atomic mass is 32.1. The maximum Gasteiger partial charge on any atom is 0.0897 e. The van der Waals surface area contributed by atoms with Gasteiger partial charge in [-0.25, -0.2) is 4.98 Å². The molecule has 4 heterocycles. The minimum atomic E-state index is 0.373. The summed E-state index contributed by atoms with van der Waals surface area (Å²) < 4.78 is 5.83. The van der Waals surface area contributed by atoms with Gasteiger partial charge in [-0.3, -0.25) is 14.8 Å².